The second kappa shape index (κ2) is 8.67. The number of carbonyl (C=O) groups excluding carboxylic acids is 1. The number of hydrogen-bond donors (Lipinski definition) is 1. The lowest BCUT2D eigenvalue weighted by molar-refractivity contribution is -0.384. The van der Waals surface area contributed by atoms with Crippen molar-refractivity contribution in [3.63, 3.8) is 0 Å². The monoisotopic (exact) mass is 405 g/mol. The molecule has 1 aliphatic rings. The molecule has 0 bridgehead atoms. The summed E-state index contributed by atoms with van der Waals surface area (Å²) in [4.78, 5) is 25.1. The lowest BCUT2D eigenvalue weighted by Gasteiger charge is -2.31. The van der Waals surface area contributed by atoms with E-state index in [0.29, 0.717) is 48.7 Å². The highest BCUT2D eigenvalue weighted by Gasteiger charge is 2.26. The van der Waals surface area contributed by atoms with Gasteiger partial charge in [0.1, 0.15) is 5.82 Å². The van der Waals surface area contributed by atoms with Gasteiger partial charge in [-0.15, -0.1) is 0 Å². The minimum Gasteiger partial charge on any atom is -0.325 e. The zero-order chi connectivity index (χ0) is 20.3. The molecule has 3 rings (SSSR count). The Morgan fingerprint density at radius 2 is 2.04 bits per heavy atom. The first-order chi connectivity index (χ1) is 13.3. The number of halogens is 2. The number of non-ortho nitro benzene ring substituents is 1. The molecule has 6 nitrogen and oxygen atoms in total. The molecule has 0 radical (unpaired) electrons. The van der Waals surface area contributed by atoms with Gasteiger partial charge in [-0.05, 0) is 50.6 Å². The molecule has 1 N–H and O–H groups in total. The Kier molecular flexibility index (Phi) is 6.26. The molecule has 0 aliphatic carbocycles. The highest BCUT2D eigenvalue weighted by atomic mass is 35.5. The van der Waals surface area contributed by atoms with Crippen molar-refractivity contribution in [3.8, 4) is 0 Å². The summed E-state index contributed by atoms with van der Waals surface area (Å²) in [6.07, 6.45) is 1.26. The second-order valence-electron chi connectivity index (χ2n) is 7.00. The van der Waals surface area contributed by atoms with Crippen LogP contribution in [-0.2, 0) is 11.3 Å². The first kappa shape index (κ1) is 20.2. The Balaban J connectivity index is 1.58. The van der Waals surface area contributed by atoms with Gasteiger partial charge < -0.3 is 5.32 Å². The SMILES string of the molecule is Cc1ccc([N+](=O)[O-])cc1NC(=O)C1CCN(Cc2c(F)cccc2Cl)CC1. The summed E-state index contributed by atoms with van der Waals surface area (Å²) >= 11 is 6.09. The Morgan fingerprint density at radius 1 is 1.32 bits per heavy atom. The van der Waals surface area contributed by atoms with Gasteiger partial charge in [0, 0.05) is 35.2 Å². The molecule has 1 amide bonds. The number of amides is 1. The molecule has 0 aromatic heterocycles. The Bertz CT molecular complexity index is 878. The maximum Gasteiger partial charge on any atom is 0.271 e. The summed E-state index contributed by atoms with van der Waals surface area (Å²) in [7, 11) is 0. The van der Waals surface area contributed by atoms with Crippen LogP contribution in [0.1, 0.15) is 24.0 Å². The largest absolute Gasteiger partial charge is 0.325 e. The lowest BCUT2D eigenvalue weighted by atomic mass is 9.95. The first-order valence-corrected chi connectivity index (χ1v) is 9.44. The van der Waals surface area contributed by atoms with Crippen LogP contribution < -0.4 is 5.32 Å². The van der Waals surface area contributed by atoms with E-state index in [-0.39, 0.29) is 23.3 Å². The Hall–Kier alpha value is -2.51. The number of nitro benzene ring substituents is 1. The Labute approximate surface area is 167 Å². The third kappa shape index (κ3) is 4.66. The lowest BCUT2D eigenvalue weighted by Crippen LogP contribution is -2.38. The number of likely N-dealkylation sites (tertiary alicyclic amines) is 1. The number of aryl methyl sites for hydroxylation is 1. The Morgan fingerprint density at radius 3 is 2.68 bits per heavy atom. The second-order valence-corrected chi connectivity index (χ2v) is 7.40. The summed E-state index contributed by atoms with van der Waals surface area (Å²) in [5, 5.41) is 14.2. The highest BCUT2D eigenvalue weighted by Crippen LogP contribution is 2.27. The van der Waals surface area contributed by atoms with Gasteiger partial charge in [-0.2, -0.15) is 0 Å². The molecule has 1 fully saturated rings. The number of rotatable bonds is 5. The van der Waals surface area contributed by atoms with Gasteiger partial charge in [0.05, 0.1) is 10.6 Å². The minimum absolute atomic E-state index is 0.0579. The number of anilines is 1. The van der Waals surface area contributed by atoms with Crippen molar-refractivity contribution in [2.45, 2.75) is 26.3 Å². The third-order valence-electron chi connectivity index (χ3n) is 5.09. The van der Waals surface area contributed by atoms with Crippen LogP contribution in [0.15, 0.2) is 36.4 Å². The van der Waals surface area contributed by atoms with Crippen molar-refractivity contribution in [2.75, 3.05) is 18.4 Å². The summed E-state index contributed by atoms with van der Waals surface area (Å²) in [6, 6.07) is 9.05. The van der Waals surface area contributed by atoms with E-state index in [0.717, 1.165) is 5.56 Å². The van der Waals surface area contributed by atoms with Crippen LogP contribution >= 0.6 is 11.6 Å². The van der Waals surface area contributed by atoms with Crippen LogP contribution in [0, 0.1) is 28.8 Å². The molecule has 1 saturated heterocycles. The van der Waals surface area contributed by atoms with Crippen LogP contribution in [-0.4, -0.2) is 28.8 Å². The molecule has 1 aliphatic heterocycles. The van der Waals surface area contributed by atoms with Gasteiger partial charge in [0.15, 0.2) is 0 Å². The molecule has 0 spiro atoms. The number of nitrogens with one attached hydrogen (secondary N) is 1. The van der Waals surface area contributed by atoms with E-state index in [1.807, 2.05) is 0 Å². The van der Waals surface area contributed by atoms with Crippen molar-refractivity contribution < 1.29 is 14.1 Å². The van der Waals surface area contributed by atoms with Crippen molar-refractivity contribution in [1.29, 1.82) is 0 Å². The maximum atomic E-state index is 14.0. The van der Waals surface area contributed by atoms with Crippen LogP contribution in [0.5, 0.6) is 0 Å². The summed E-state index contributed by atoms with van der Waals surface area (Å²) in [5.41, 5.74) is 1.64. The maximum absolute atomic E-state index is 14.0. The van der Waals surface area contributed by atoms with E-state index in [9.17, 15) is 19.3 Å². The highest BCUT2D eigenvalue weighted by molar-refractivity contribution is 6.31. The van der Waals surface area contributed by atoms with E-state index in [2.05, 4.69) is 10.2 Å². The van der Waals surface area contributed by atoms with Gasteiger partial charge in [-0.3, -0.25) is 19.8 Å². The van der Waals surface area contributed by atoms with E-state index in [4.69, 9.17) is 11.6 Å². The smallest absolute Gasteiger partial charge is 0.271 e. The molecule has 28 heavy (non-hydrogen) atoms. The predicted molar refractivity (Wildman–Crippen MR) is 106 cm³/mol. The van der Waals surface area contributed by atoms with Crippen LogP contribution in [0.25, 0.3) is 0 Å². The van der Waals surface area contributed by atoms with Crippen molar-refractivity contribution >= 4 is 28.9 Å². The molecule has 0 atom stereocenters. The topological polar surface area (TPSA) is 75.5 Å². The average Bonchev–Trinajstić information content (AvgIpc) is 2.67. The number of piperidine rings is 1. The van der Waals surface area contributed by atoms with Gasteiger partial charge in [0.25, 0.3) is 5.69 Å². The predicted octanol–water partition coefficient (Wildman–Crippen LogP) is 4.55. The number of nitrogens with zero attached hydrogens (tertiary/aromatic N) is 2. The molecule has 2 aromatic carbocycles. The van der Waals surface area contributed by atoms with Crippen molar-refractivity contribution in [3.05, 3.63) is 68.5 Å². The first-order valence-electron chi connectivity index (χ1n) is 9.06. The molecule has 0 saturated carbocycles. The van der Waals surface area contributed by atoms with Gasteiger partial charge in [-0.1, -0.05) is 23.7 Å². The number of nitro groups is 1. The van der Waals surface area contributed by atoms with Gasteiger partial charge in [-0.25, -0.2) is 4.39 Å². The van der Waals surface area contributed by atoms with Crippen LogP contribution in [0.2, 0.25) is 5.02 Å². The van der Waals surface area contributed by atoms with E-state index >= 15 is 0 Å². The van der Waals surface area contributed by atoms with Gasteiger partial charge in [0.2, 0.25) is 5.91 Å². The minimum atomic E-state index is -0.485. The van der Waals surface area contributed by atoms with Crippen molar-refractivity contribution in [1.82, 2.24) is 4.90 Å². The van der Waals surface area contributed by atoms with E-state index < -0.39 is 4.92 Å². The standard InChI is InChI=1S/C20H21ClFN3O3/c1-13-5-6-15(25(27)28)11-19(13)23-20(26)14-7-9-24(10-8-14)12-16-17(21)3-2-4-18(16)22/h2-6,11,14H,7-10,12H2,1H3,(H,23,26). The molecule has 148 valence electrons. The normalized spacial score (nSPS) is 15.4. The fourth-order valence-corrected chi connectivity index (χ4v) is 3.58. The fourth-order valence-electron chi connectivity index (χ4n) is 3.35. The quantitative estimate of drug-likeness (QED) is 0.585. The zero-order valence-electron chi connectivity index (χ0n) is 15.5. The van der Waals surface area contributed by atoms with Crippen LogP contribution in [0.3, 0.4) is 0 Å². The molecule has 1 heterocycles. The molecule has 8 heteroatoms. The summed E-state index contributed by atoms with van der Waals surface area (Å²) in [6.45, 7) is 3.50. The number of hydrogen-bond acceptors (Lipinski definition) is 4. The molecular weight excluding hydrogens is 385 g/mol. The molecule has 2 aromatic rings. The van der Waals surface area contributed by atoms with Crippen LogP contribution in [0.4, 0.5) is 15.8 Å². The average molecular weight is 406 g/mol. The third-order valence-corrected chi connectivity index (χ3v) is 5.45. The summed E-state index contributed by atoms with van der Waals surface area (Å²) < 4.78 is 14.0. The fraction of sp³-hybridized carbons (Fsp3) is 0.350. The van der Waals surface area contributed by atoms with E-state index in [1.165, 1.54) is 18.2 Å². The molecular formula is C20H21ClFN3O3. The van der Waals surface area contributed by atoms with Gasteiger partial charge >= 0.3 is 0 Å². The number of carbonyl (C=O) groups is 1. The van der Waals surface area contributed by atoms with Crippen molar-refractivity contribution in [2.24, 2.45) is 5.92 Å². The summed E-state index contributed by atoms with van der Waals surface area (Å²) in [5.74, 6) is -0.660. The molecule has 0 unspecified atom stereocenters. The zero-order valence-corrected chi connectivity index (χ0v) is 16.2. The van der Waals surface area contributed by atoms with E-state index in [1.54, 1.807) is 25.1 Å². The number of benzene rings is 2.